The summed E-state index contributed by atoms with van der Waals surface area (Å²) in [7, 11) is 0. The largest absolute Gasteiger partial charge is 0.480 e. The lowest BCUT2D eigenvalue weighted by Gasteiger charge is -2.41. The number of nitrogens with one attached hydrogen (secondary N) is 1. The summed E-state index contributed by atoms with van der Waals surface area (Å²) in [5, 5.41) is 12.3. The molecule has 0 amide bonds. The van der Waals surface area contributed by atoms with Crippen LogP contribution in [0.5, 0.6) is 0 Å². The summed E-state index contributed by atoms with van der Waals surface area (Å²) in [5.41, 5.74) is 0.919. The molecular weight excluding hydrogens is 322 g/mol. The van der Waals surface area contributed by atoms with Gasteiger partial charge in [0.25, 0.3) is 0 Å². The van der Waals surface area contributed by atoms with E-state index in [0.29, 0.717) is 5.41 Å². The first kappa shape index (κ1) is 14.0. The van der Waals surface area contributed by atoms with Crippen LogP contribution in [0.1, 0.15) is 24.8 Å². The molecule has 1 aliphatic heterocycles. The van der Waals surface area contributed by atoms with E-state index in [1.807, 2.05) is 24.3 Å². The van der Waals surface area contributed by atoms with E-state index in [1.165, 1.54) is 0 Å². The van der Waals surface area contributed by atoms with Crippen molar-refractivity contribution in [1.82, 2.24) is 5.32 Å². The molecule has 1 spiro atoms. The second-order valence-corrected chi connectivity index (χ2v) is 6.88. The summed E-state index contributed by atoms with van der Waals surface area (Å²) in [6.07, 6.45) is 2.88. The SMILES string of the molecule is O=C(O)COC1(c2cccc(Br)c2)CCC2(CNC2)C1. The molecule has 3 rings (SSSR count). The number of carbonyl (C=O) groups is 1. The Labute approximate surface area is 126 Å². The van der Waals surface area contributed by atoms with Crippen LogP contribution in [0.4, 0.5) is 0 Å². The lowest BCUT2D eigenvalue weighted by molar-refractivity contribution is -0.151. The number of ether oxygens (including phenoxy) is 1. The van der Waals surface area contributed by atoms with Crippen LogP contribution in [-0.2, 0) is 15.1 Å². The van der Waals surface area contributed by atoms with E-state index in [4.69, 9.17) is 9.84 Å². The van der Waals surface area contributed by atoms with Gasteiger partial charge in [-0.05, 0) is 42.4 Å². The molecule has 1 saturated carbocycles. The van der Waals surface area contributed by atoms with Crippen molar-refractivity contribution in [3.63, 3.8) is 0 Å². The molecule has 1 saturated heterocycles. The molecule has 0 aromatic heterocycles. The molecular formula is C15H18BrNO3. The average molecular weight is 340 g/mol. The molecule has 1 aromatic carbocycles. The molecule has 20 heavy (non-hydrogen) atoms. The Morgan fingerprint density at radius 2 is 2.20 bits per heavy atom. The Morgan fingerprint density at radius 1 is 1.40 bits per heavy atom. The second kappa shape index (κ2) is 5.13. The first-order valence-electron chi connectivity index (χ1n) is 6.86. The average Bonchev–Trinajstić information content (AvgIpc) is 2.78. The van der Waals surface area contributed by atoms with Gasteiger partial charge in [-0.25, -0.2) is 4.79 Å². The Bertz CT molecular complexity index is 530. The lowest BCUT2D eigenvalue weighted by Crippen LogP contribution is -2.52. The number of carboxylic acids is 1. The van der Waals surface area contributed by atoms with Crippen LogP contribution < -0.4 is 5.32 Å². The summed E-state index contributed by atoms with van der Waals surface area (Å²) in [4.78, 5) is 10.9. The van der Waals surface area contributed by atoms with Gasteiger partial charge in [-0.3, -0.25) is 0 Å². The van der Waals surface area contributed by atoms with Gasteiger partial charge < -0.3 is 15.2 Å². The summed E-state index contributed by atoms with van der Waals surface area (Å²) in [5.74, 6) is -0.910. The fourth-order valence-electron chi connectivity index (χ4n) is 3.45. The number of rotatable bonds is 4. The van der Waals surface area contributed by atoms with Gasteiger partial charge in [0.1, 0.15) is 6.61 Å². The van der Waals surface area contributed by atoms with E-state index in [2.05, 4.69) is 21.2 Å². The predicted octanol–water partition coefficient (Wildman–Crippen LogP) is 2.52. The van der Waals surface area contributed by atoms with Crippen molar-refractivity contribution in [3.8, 4) is 0 Å². The molecule has 2 aliphatic rings. The molecule has 2 N–H and O–H groups in total. The van der Waals surface area contributed by atoms with Gasteiger partial charge in [-0.2, -0.15) is 0 Å². The normalized spacial score (nSPS) is 27.4. The van der Waals surface area contributed by atoms with Crippen LogP contribution in [0.2, 0.25) is 0 Å². The minimum atomic E-state index is -0.910. The topological polar surface area (TPSA) is 58.6 Å². The summed E-state index contributed by atoms with van der Waals surface area (Å²) in [6.45, 7) is 1.79. The zero-order valence-corrected chi connectivity index (χ0v) is 12.8. The minimum Gasteiger partial charge on any atom is -0.480 e. The highest BCUT2D eigenvalue weighted by Gasteiger charge is 2.52. The van der Waals surface area contributed by atoms with E-state index < -0.39 is 11.6 Å². The van der Waals surface area contributed by atoms with Crippen LogP contribution in [0.15, 0.2) is 28.7 Å². The second-order valence-electron chi connectivity index (χ2n) is 5.97. The molecule has 1 aliphatic carbocycles. The van der Waals surface area contributed by atoms with Gasteiger partial charge in [0.05, 0.1) is 5.60 Å². The van der Waals surface area contributed by atoms with Crippen molar-refractivity contribution in [3.05, 3.63) is 34.3 Å². The summed E-state index contributed by atoms with van der Waals surface area (Å²) < 4.78 is 6.88. The third kappa shape index (κ3) is 2.50. The van der Waals surface area contributed by atoms with E-state index in [1.54, 1.807) is 0 Å². The first-order chi connectivity index (χ1) is 9.54. The van der Waals surface area contributed by atoms with Crippen LogP contribution >= 0.6 is 15.9 Å². The van der Waals surface area contributed by atoms with Crippen molar-refractivity contribution in [2.45, 2.75) is 24.9 Å². The van der Waals surface area contributed by atoms with Crippen LogP contribution in [-0.4, -0.2) is 30.8 Å². The van der Waals surface area contributed by atoms with Gasteiger partial charge >= 0.3 is 5.97 Å². The highest BCUT2D eigenvalue weighted by molar-refractivity contribution is 9.10. The van der Waals surface area contributed by atoms with Gasteiger partial charge in [-0.15, -0.1) is 0 Å². The Balaban J connectivity index is 1.89. The fraction of sp³-hybridized carbons (Fsp3) is 0.533. The molecule has 5 heteroatoms. The van der Waals surface area contributed by atoms with Gasteiger partial charge in [-0.1, -0.05) is 28.1 Å². The smallest absolute Gasteiger partial charge is 0.329 e. The highest BCUT2D eigenvalue weighted by atomic mass is 79.9. The van der Waals surface area contributed by atoms with Crippen LogP contribution in [0.3, 0.4) is 0 Å². The molecule has 4 nitrogen and oxygen atoms in total. The maximum absolute atomic E-state index is 10.9. The lowest BCUT2D eigenvalue weighted by atomic mass is 9.77. The maximum Gasteiger partial charge on any atom is 0.329 e. The standard InChI is InChI=1S/C15H18BrNO3/c16-12-3-1-2-11(6-12)15(20-7-13(18)19)5-4-14(8-15)9-17-10-14/h1-3,6,17H,4-5,7-10H2,(H,18,19). The molecule has 1 unspecified atom stereocenters. The molecule has 2 fully saturated rings. The summed E-state index contributed by atoms with van der Waals surface area (Å²) >= 11 is 3.49. The summed E-state index contributed by atoms with van der Waals surface area (Å²) in [6, 6.07) is 8.05. The zero-order chi connectivity index (χ0) is 14.2. The molecule has 0 bridgehead atoms. The van der Waals surface area contributed by atoms with E-state index >= 15 is 0 Å². The monoisotopic (exact) mass is 339 g/mol. The molecule has 108 valence electrons. The van der Waals surface area contributed by atoms with Crippen LogP contribution in [0.25, 0.3) is 0 Å². The van der Waals surface area contributed by atoms with Crippen LogP contribution in [0, 0.1) is 5.41 Å². The Hall–Kier alpha value is -0.910. The number of halogens is 1. The van der Waals surface area contributed by atoms with Crippen molar-refractivity contribution in [2.24, 2.45) is 5.41 Å². The molecule has 1 aromatic rings. The Morgan fingerprint density at radius 3 is 2.75 bits per heavy atom. The number of carboxylic acid groups (broad SMARTS) is 1. The van der Waals surface area contributed by atoms with Crippen molar-refractivity contribution >= 4 is 21.9 Å². The van der Waals surface area contributed by atoms with Crippen molar-refractivity contribution in [2.75, 3.05) is 19.7 Å². The third-order valence-corrected chi connectivity index (χ3v) is 5.04. The molecule has 1 heterocycles. The molecule has 0 radical (unpaired) electrons. The number of hydrogen-bond donors (Lipinski definition) is 2. The minimum absolute atomic E-state index is 0.240. The highest BCUT2D eigenvalue weighted by Crippen LogP contribution is 2.53. The van der Waals surface area contributed by atoms with Crippen molar-refractivity contribution < 1.29 is 14.6 Å². The number of hydrogen-bond acceptors (Lipinski definition) is 3. The molecule has 1 atom stereocenters. The van der Waals surface area contributed by atoms with Crippen molar-refractivity contribution in [1.29, 1.82) is 0 Å². The number of benzene rings is 1. The van der Waals surface area contributed by atoms with Gasteiger partial charge in [0, 0.05) is 17.6 Å². The quantitative estimate of drug-likeness (QED) is 0.884. The third-order valence-electron chi connectivity index (χ3n) is 4.54. The van der Waals surface area contributed by atoms with E-state index in [9.17, 15) is 4.79 Å². The number of aliphatic carboxylic acids is 1. The van der Waals surface area contributed by atoms with Gasteiger partial charge in [0.15, 0.2) is 0 Å². The Kier molecular flexibility index (Phi) is 3.60. The maximum atomic E-state index is 10.9. The fourth-order valence-corrected chi connectivity index (χ4v) is 3.85. The van der Waals surface area contributed by atoms with Gasteiger partial charge in [0.2, 0.25) is 0 Å². The van der Waals surface area contributed by atoms with E-state index in [0.717, 1.165) is 42.4 Å². The first-order valence-corrected chi connectivity index (χ1v) is 7.66. The zero-order valence-electron chi connectivity index (χ0n) is 11.2. The predicted molar refractivity (Wildman–Crippen MR) is 78.6 cm³/mol. The van der Waals surface area contributed by atoms with E-state index in [-0.39, 0.29) is 6.61 Å².